The van der Waals surface area contributed by atoms with Gasteiger partial charge in [-0.15, -0.1) is 0 Å². The van der Waals surface area contributed by atoms with Crippen LogP contribution in [-0.4, -0.2) is 43.2 Å². The Kier molecular flexibility index (Phi) is 5.06. The molecule has 2 N–H and O–H groups in total. The molecule has 2 aliphatic heterocycles. The first-order valence-corrected chi connectivity index (χ1v) is 8.55. The van der Waals surface area contributed by atoms with Crippen molar-refractivity contribution in [3.63, 3.8) is 0 Å². The van der Waals surface area contributed by atoms with Crippen LogP contribution in [-0.2, 0) is 11.2 Å². The number of carbonyl (C=O) groups excluding carboxylic acids is 1. The molecule has 126 valence electrons. The van der Waals surface area contributed by atoms with Crippen molar-refractivity contribution in [3.8, 4) is 11.5 Å². The molecule has 1 saturated heterocycles. The molecular formula is C18H26N2O3. The number of likely N-dealkylation sites (tertiary alicyclic amines) is 1. The zero-order valence-corrected chi connectivity index (χ0v) is 13.8. The van der Waals surface area contributed by atoms with Gasteiger partial charge in [0.2, 0.25) is 5.91 Å². The van der Waals surface area contributed by atoms with Crippen LogP contribution in [0.3, 0.4) is 0 Å². The first kappa shape index (κ1) is 16.1. The Morgan fingerprint density at radius 1 is 1.30 bits per heavy atom. The van der Waals surface area contributed by atoms with E-state index in [0.29, 0.717) is 32.1 Å². The minimum Gasteiger partial charge on any atom is -0.486 e. The van der Waals surface area contributed by atoms with Crippen LogP contribution in [0.5, 0.6) is 11.5 Å². The van der Waals surface area contributed by atoms with E-state index in [2.05, 4.69) is 6.92 Å². The lowest BCUT2D eigenvalue weighted by Crippen LogP contribution is -2.49. The van der Waals surface area contributed by atoms with Crippen LogP contribution >= 0.6 is 0 Å². The topological polar surface area (TPSA) is 64.8 Å². The molecule has 0 aromatic heterocycles. The van der Waals surface area contributed by atoms with E-state index in [9.17, 15) is 4.79 Å². The SMILES string of the molecule is CC1CCN(C(=O)CCc2ccc3c(c2)OCCO3)C(CN)C1. The molecule has 2 aliphatic rings. The van der Waals surface area contributed by atoms with Crippen molar-refractivity contribution >= 4 is 5.91 Å². The predicted molar refractivity (Wildman–Crippen MR) is 88.7 cm³/mol. The van der Waals surface area contributed by atoms with Gasteiger partial charge in [0.25, 0.3) is 0 Å². The van der Waals surface area contributed by atoms with Gasteiger partial charge in [-0.2, -0.15) is 0 Å². The summed E-state index contributed by atoms with van der Waals surface area (Å²) in [7, 11) is 0. The highest BCUT2D eigenvalue weighted by molar-refractivity contribution is 5.77. The highest BCUT2D eigenvalue weighted by Crippen LogP contribution is 2.31. The monoisotopic (exact) mass is 318 g/mol. The van der Waals surface area contributed by atoms with Gasteiger partial charge in [-0.05, 0) is 42.9 Å². The summed E-state index contributed by atoms with van der Waals surface area (Å²) in [6, 6.07) is 6.13. The summed E-state index contributed by atoms with van der Waals surface area (Å²) in [6.45, 7) is 4.81. The molecule has 1 amide bonds. The largest absolute Gasteiger partial charge is 0.486 e. The lowest BCUT2D eigenvalue weighted by molar-refractivity contribution is -0.135. The first-order chi connectivity index (χ1) is 11.2. The smallest absolute Gasteiger partial charge is 0.223 e. The maximum atomic E-state index is 12.6. The van der Waals surface area contributed by atoms with Crippen LogP contribution in [0.4, 0.5) is 0 Å². The number of rotatable bonds is 4. The molecule has 0 spiro atoms. The van der Waals surface area contributed by atoms with Gasteiger partial charge in [0, 0.05) is 25.6 Å². The predicted octanol–water partition coefficient (Wildman–Crippen LogP) is 1.98. The zero-order chi connectivity index (χ0) is 16.2. The number of hydrogen-bond acceptors (Lipinski definition) is 4. The van der Waals surface area contributed by atoms with E-state index in [0.717, 1.165) is 42.9 Å². The minimum atomic E-state index is 0.200. The molecule has 1 aromatic carbocycles. The van der Waals surface area contributed by atoms with Crippen LogP contribution in [0.15, 0.2) is 18.2 Å². The van der Waals surface area contributed by atoms with E-state index in [1.165, 1.54) is 0 Å². The van der Waals surface area contributed by atoms with E-state index in [-0.39, 0.29) is 11.9 Å². The molecule has 1 aromatic rings. The molecule has 2 atom stereocenters. The Morgan fingerprint density at radius 2 is 2.09 bits per heavy atom. The van der Waals surface area contributed by atoms with Crippen LogP contribution in [0.25, 0.3) is 0 Å². The number of piperidine rings is 1. The summed E-state index contributed by atoms with van der Waals surface area (Å²) in [6.07, 6.45) is 3.34. The summed E-state index contributed by atoms with van der Waals surface area (Å²) in [4.78, 5) is 14.5. The number of aryl methyl sites for hydroxylation is 1. The Balaban J connectivity index is 1.58. The molecule has 3 rings (SSSR count). The van der Waals surface area contributed by atoms with Crippen LogP contribution in [0.2, 0.25) is 0 Å². The van der Waals surface area contributed by atoms with Gasteiger partial charge in [0.15, 0.2) is 11.5 Å². The molecule has 2 heterocycles. The van der Waals surface area contributed by atoms with Crippen LogP contribution < -0.4 is 15.2 Å². The normalized spacial score (nSPS) is 23.7. The maximum Gasteiger partial charge on any atom is 0.223 e. The van der Waals surface area contributed by atoms with Gasteiger partial charge in [0.1, 0.15) is 13.2 Å². The summed E-state index contributed by atoms with van der Waals surface area (Å²) >= 11 is 0. The van der Waals surface area contributed by atoms with Gasteiger partial charge in [-0.3, -0.25) is 4.79 Å². The second kappa shape index (κ2) is 7.21. The van der Waals surface area contributed by atoms with Crippen LogP contribution in [0.1, 0.15) is 31.7 Å². The fraction of sp³-hybridized carbons (Fsp3) is 0.611. The molecule has 2 unspecified atom stereocenters. The summed E-state index contributed by atoms with van der Waals surface area (Å²) in [5.41, 5.74) is 6.96. The molecule has 5 nitrogen and oxygen atoms in total. The van der Waals surface area contributed by atoms with Gasteiger partial charge < -0.3 is 20.1 Å². The number of hydrogen-bond donors (Lipinski definition) is 1. The number of benzene rings is 1. The third-order valence-corrected chi connectivity index (χ3v) is 4.80. The van der Waals surface area contributed by atoms with E-state index in [4.69, 9.17) is 15.2 Å². The highest BCUT2D eigenvalue weighted by atomic mass is 16.6. The quantitative estimate of drug-likeness (QED) is 0.922. The second-order valence-electron chi connectivity index (χ2n) is 6.58. The fourth-order valence-corrected chi connectivity index (χ4v) is 3.44. The van der Waals surface area contributed by atoms with Gasteiger partial charge in [0.05, 0.1) is 0 Å². The van der Waals surface area contributed by atoms with Crippen molar-refractivity contribution in [3.05, 3.63) is 23.8 Å². The van der Waals surface area contributed by atoms with Crippen molar-refractivity contribution in [1.82, 2.24) is 4.90 Å². The standard InChI is InChI=1S/C18H26N2O3/c1-13-6-7-20(15(10-13)12-19)18(21)5-3-14-2-4-16-17(11-14)23-9-8-22-16/h2,4,11,13,15H,3,5-10,12,19H2,1H3. The lowest BCUT2D eigenvalue weighted by Gasteiger charge is -2.38. The average molecular weight is 318 g/mol. The van der Waals surface area contributed by atoms with Crippen molar-refractivity contribution in [2.75, 3.05) is 26.3 Å². The molecular weight excluding hydrogens is 292 g/mol. The number of nitrogens with zero attached hydrogens (tertiary/aromatic N) is 1. The number of fused-ring (bicyclic) bond motifs is 1. The molecule has 0 saturated carbocycles. The van der Waals surface area contributed by atoms with E-state index >= 15 is 0 Å². The molecule has 23 heavy (non-hydrogen) atoms. The van der Waals surface area contributed by atoms with Crippen molar-refractivity contribution < 1.29 is 14.3 Å². The van der Waals surface area contributed by atoms with Crippen molar-refractivity contribution in [1.29, 1.82) is 0 Å². The van der Waals surface area contributed by atoms with E-state index in [1.807, 2.05) is 23.1 Å². The number of ether oxygens (including phenoxy) is 2. The van der Waals surface area contributed by atoms with Gasteiger partial charge in [-0.1, -0.05) is 13.0 Å². The molecule has 0 radical (unpaired) electrons. The number of nitrogens with two attached hydrogens (primary N) is 1. The molecule has 1 fully saturated rings. The fourth-order valence-electron chi connectivity index (χ4n) is 3.44. The van der Waals surface area contributed by atoms with Crippen LogP contribution in [0, 0.1) is 5.92 Å². The summed E-state index contributed by atoms with van der Waals surface area (Å²) < 4.78 is 11.1. The lowest BCUT2D eigenvalue weighted by atomic mass is 9.92. The Morgan fingerprint density at radius 3 is 2.87 bits per heavy atom. The number of amides is 1. The van der Waals surface area contributed by atoms with Gasteiger partial charge in [-0.25, -0.2) is 0 Å². The highest BCUT2D eigenvalue weighted by Gasteiger charge is 2.28. The summed E-state index contributed by atoms with van der Waals surface area (Å²) in [5.74, 6) is 2.44. The Labute approximate surface area is 137 Å². The zero-order valence-electron chi connectivity index (χ0n) is 13.8. The minimum absolute atomic E-state index is 0.200. The van der Waals surface area contributed by atoms with Gasteiger partial charge >= 0.3 is 0 Å². The Hall–Kier alpha value is -1.75. The first-order valence-electron chi connectivity index (χ1n) is 8.55. The number of carbonyl (C=O) groups is 1. The molecule has 0 bridgehead atoms. The molecule has 5 heteroatoms. The van der Waals surface area contributed by atoms with Crippen molar-refractivity contribution in [2.24, 2.45) is 11.7 Å². The van der Waals surface area contributed by atoms with Crippen molar-refractivity contribution in [2.45, 2.75) is 38.6 Å². The maximum absolute atomic E-state index is 12.6. The summed E-state index contributed by atoms with van der Waals surface area (Å²) in [5, 5.41) is 0. The third-order valence-electron chi connectivity index (χ3n) is 4.80. The van der Waals surface area contributed by atoms with E-state index < -0.39 is 0 Å². The van der Waals surface area contributed by atoms with E-state index in [1.54, 1.807) is 0 Å². The average Bonchev–Trinajstić information content (AvgIpc) is 2.59. The third kappa shape index (κ3) is 3.78. The second-order valence-corrected chi connectivity index (χ2v) is 6.58. The molecule has 0 aliphatic carbocycles. The Bertz CT molecular complexity index is 561.